The van der Waals surface area contributed by atoms with Crippen molar-refractivity contribution in [2.75, 3.05) is 0 Å². The van der Waals surface area contributed by atoms with E-state index in [2.05, 4.69) is 24.9 Å². The lowest BCUT2D eigenvalue weighted by Crippen LogP contribution is -2.21. The number of aliphatic imine (C=N–C) groups is 2. The lowest BCUT2D eigenvalue weighted by Gasteiger charge is -2.08. The van der Waals surface area contributed by atoms with Crippen molar-refractivity contribution in [3.05, 3.63) is 90.8 Å². The lowest BCUT2D eigenvalue weighted by molar-refractivity contribution is 0.485. The molecule has 17 N–H and O–H groups in total. The fraction of sp³-hybridized carbons (Fsp3) is 0. The van der Waals surface area contributed by atoms with Crippen molar-refractivity contribution in [3.8, 4) is 11.3 Å². The molecule has 20 heteroatoms. The van der Waals surface area contributed by atoms with Gasteiger partial charge in [-0.3, -0.25) is 13.7 Å². The molecule has 0 radical (unpaired) electrons. The van der Waals surface area contributed by atoms with Crippen LogP contribution in [0.4, 0.5) is 0 Å². The fourth-order valence-electron chi connectivity index (χ4n) is 4.50. The number of nitrogens with zero attached hydrogens (tertiary/aromatic N) is 3. The van der Waals surface area contributed by atoms with Crippen LogP contribution in [-0.4, -0.2) is 65.3 Å². The third-order valence-corrected chi connectivity index (χ3v) is 8.89. The molecule has 0 amide bonds. The molecule has 0 atom stereocenters. The molecule has 0 aromatic carbocycles. The van der Waals surface area contributed by atoms with E-state index >= 15 is 0 Å². The van der Waals surface area contributed by atoms with Gasteiger partial charge in [0.1, 0.15) is 20.4 Å². The number of rotatable bonds is 3. The molecule has 0 saturated heterocycles. The monoisotopic (exact) mass is 655 g/mol. The van der Waals surface area contributed by atoms with E-state index in [4.69, 9.17) is 0 Å². The molecule has 0 fully saturated rings. The third-order valence-electron chi connectivity index (χ3n) is 6.00. The first-order valence-electron chi connectivity index (χ1n) is 11.0. The number of pyridine rings is 1. The van der Waals surface area contributed by atoms with Gasteiger partial charge in [-0.1, -0.05) is 0 Å². The maximum absolute atomic E-state index is 12.6. The number of hydrogen-bond acceptors (Lipinski definition) is 9. The predicted molar refractivity (Wildman–Crippen MR) is 162 cm³/mol. The molecule has 5 aliphatic rings. The molecule has 1 aromatic heterocycles. The number of allylic oxidation sites excluding steroid dienone is 4. The second-order valence-corrected chi connectivity index (χ2v) is 12.7. The molecular formula is C23H27N8O9S3+3. The SMILES string of the molecule is O=S(=O)(O)C1=C2C=CC(=N2)C=c2ccc([nH]2)=Cc2nc(c3ccc[nH]c2-3)C=C2N=C1C(S(=O)(=O)O)=C2S(=O)(=O)O.[NH4+].[NH4+].[NH4+]. The van der Waals surface area contributed by atoms with Crippen LogP contribution in [0.15, 0.2) is 78.7 Å². The summed E-state index contributed by atoms with van der Waals surface area (Å²) in [6, 6.07) is 6.70. The van der Waals surface area contributed by atoms with Crippen LogP contribution in [0.25, 0.3) is 29.5 Å². The first-order valence-corrected chi connectivity index (χ1v) is 15.4. The van der Waals surface area contributed by atoms with E-state index < -0.39 is 62.2 Å². The molecule has 228 valence electrons. The van der Waals surface area contributed by atoms with E-state index in [1.807, 2.05) is 0 Å². The van der Waals surface area contributed by atoms with E-state index in [1.54, 1.807) is 36.5 Å². The average Bonchev–Trinajstić information content (AvgIpc) is 3.60. The van der Waals surface area contributed by atoms with Gasteiger partial charge in [-0.25, -0.2) is 15.0 Å². The van der Waals surface area contributed by atoms with Gasteiger partial charge >= 0.3 is 0 Å². The molecule has 8 bridgehead atoms. The van der Waals surface area contributed by atoms with Crippen LogP contribution in [-0.2, 0) is 30.4 Å². The summed E-state index contributed by atoms with van der Waals surface area (Å²) in [7, 11) is -16.4. The van der Waals surface area contributed by atoms with E-state index in [9.17, 15) is 38.9 Å². The Morgan fingerprint density at radius 1 is 0.674 bits per heavy atom. The van der Waals surface area contributed by atoms with Crippen LogP contribution in [0.1, 0.15) is 11.4 Å². The van der Waals surface area contributed by atoms with Crippen LogP contribution in [0.3, 0.4) is 0 Å². The molecule has 5 aliphatic heterocycles. The molecule has 6 heterocycles. The van der Waals surface area contributed by atoms with E-state index in [0.717, 1.165) is 12.2 Å². The maximum atomic E-state index is 12.6. The Balaban J connectivity index is 0.00000169. The summed E-state index contributed by atoms with van der Waals surface area (Å²) < 4.78 is 105. The molecule has 17 nitrogen and oxygen atoms in total. The second-order valence-electron chi connectivity index (χ2n) is 8.66. The highest BCUT2D eigenvalue weighted by Crippen LogP contribution is 2.39. The quantitative estimate of drug-likeness (QED) is 0.188. The van der Waals surface area contributed by atoms with Crippen LogP contribution in [0.5, 0.6) is 0 Å². The molecule has 6 rings (SSSR count). The van der Waals surface area contributed by atoms with Gasteiger partial charge in [0.05, 0.1) is 34.2 Å². The minimum Gasteiger partial charge on any atom is -0.369 e. The summed E-state index contributed by atoms with van der Waals surface area (Å²) in [6.07, 6.45) is 8.29. The van der Waals surface area contributed by atoms with Gasteiger partial charge in [0.2, 0.25) is 0 Å². The van der Waals surface area contributed by atoms with Gasteiger partial charge in [-0.15, -0.1) is 0 Å². The Morgan fingerprint density at radius 3 is 1.93 bits per heavy atom. The first-order chi connectivity index (χ1) is 18.7. The van der Waals surface area contributed by atoms with Crippen molar-refractivity contribution in [1.82, 2.24) is 33.4 Å². The van der Waals surface area contributed by atoms with Crippen molar-refractivity contribution < 1.29 is 38.9 Å². The van der Waals surface area contributed by atoms with Crippen LogP contribution in [0, 0.1) is 0 Å². The summed E-state index contributed by atoms with van der Waals surface area (Å²) in [6.45, 7) is 0. The van der Waals surface area contributed by atoms with Gasteiger partial charge in [0, 0.05) is 22.5 Å². The van der Waals surface area contributed by atoms with Gasteiger partial charge in [-0.05, 0) is 54.6 Å². The third kappa shape index (κ3) is 5.81. The van der Waals surface area contributed by atoms with Gasteiger partial charge in [0.25, 0.3) is 30.4 Å². The molecule has 0 spiro atoms. The molecule has 0 unspecified atom stereocenters. The van der Waals surface area contributed by atoms with Crippen LogP contribution in [0.2, 0.25) is 0 Å². The number of H-pyrrole nitrogens is 2. The highest BCUT2D eigenvalue weighted by molar-refractivity contribution is 7.95. The van der Waals surface area contributed by atoms with E-state index in [-0.39, 0.29) is 29.9 Å². The molecule has 43 heavy (non-hydrogen) atoms. The number of aromatic amines is 2. The Hall–Kier alpha value is -4.38. The largest absolute Gasteiger partial charge is 0.369 e. The number of quaternary nitrogens is 3. The summed E-state index contributed by atoms with van der Waals surface area (Å²) >= 11 is 0. The summed E-state index contributed by atoms with van der Waals surface area (Å²) in [5.41, 5.74) is -0.907. The average molecular weight is 656 g/mol. The smallest absolute Gasteiger partial charge is 0.298 e. The molecule has 0 saturated carbocycles. The van der Waals surface area contributed by atoms with Crippen LogP contribution >= 0.6 is 0 Å². The maximum Gasteiger partial charge on any atom is 0.298 e. The van der Waals surface area contributed by atoms with E-state index in [0.29, 0.717) is 27.6 Å². The Labute approximate surface area is 243 Å². The van der Waals surface area contributed by atoms with Crippen molar-refractivity contribution >= 4 is 60.0 Å². The molecular weight excluding hydrogens is 629 g/mol. The number of hydrogen-bond donors (Lipinski definition) is 8. The van der Waals surface area contributed by atoms with Gasteiger partial charge in [0.15, 0.2) is 0 Å². The van der Waals surface area contributed by atoms with Crippen LogP contribution < -0.4 is 29.1 Å². The van der Waals surface area contributed by atoms with Gasteiger partial charge < -0.3 is 28.4 Å². The summed E-state index contributed by atoms with van der Waals surface area (Å²) in [4.78, 5) is 14.4. The normalized spacial score (nSPS) is 16.3. The Morgan fingerprint density at radius 2 is 1.30 bits per heavy atom. The highest BCUT2D eigenvalue weighted by Gasteiger charge is 2.44. The van der Waals surface area contributed by atoms with Crippen molar-refractivity contribution in [2.45, 2.75) is 0 Å². The Bertz CT molecular complexity index is 2290. The number of fused-ring (bicyclic) bond motifs is 9. The van der Waals surface area contributed by atoms with Crippen molar-refractivity contribution in [1.29, 1.82) is 0 Å². The molecule has 1 aromatic rings. The Kier molecular flexibility index (Phi) is 8.50. The van der Waals surface area contributed by atoms with Crippen molar-refractivity contribution in [2.24, 2.45) is 9.98 Å². The highest BCUT2D eigenvalue weighted by atomic mass is 32.2. The summed E-state index contributed by atoms with van der Waals surface area (Å²) in [5, 5.41) is 1.16. The zero-order valence-electron chi connectivity index (χ0n) is 22.6. The first kappa shape index (κ1) is 33.1. The lowest BCUT2D eigenvalue weighted by atomic mass is 10.1. The standard InChI is InChI=1S/C23H15N5O9S3.3H3N/c29-38(30,31)21-15-6-5-12(26-15)8-11-3-4-13(25-11)9-17-19-14(2-1-7-24-19)16(27-17)10-18-22(39(32,33)34)23(20(21)28-18)40(35,36)37;;;/h1-10,24-25H,(H,29,30,31)(H,32,33,34)(H,35,36,37);3*1H3/p+3. The van der Waals surface area contributed by atoms with Gasteiger partial charge in [-0.2, -0.15) is 25.3 Å². The topological polar surface area (TPSA) is 342 Å². The zero-order chi connectivity index (χ0) is 28.6. The fourth-order valence-corrected chi connectivity index (χ4v) is 7.40. The van der Waals surface area contributed by atoms with Crippen molar-refractivity contribution in [3.63, 3.8) is 0 Å². The second kappa shape index (κ2) is 11.0. The summed E-state index contributed by atoms with van der Waals surface area (Å²) in [5.74, 6) is 0. The minimum absolute atomic E-state index is 0. The predicted octanol–water partition coefficient (Wildman–Crippen LogP) is 1.49. The molecule has 0 aliphatic carbocycles. The minimum atomic E-state index is -5.59. The number of nitrogens with one attached hydrogen (secondary N) is 2. The van der Waals surface area contributed by atoms with E-state index in [1.165, 1.54) is 12.2 Å². The number of aromatic nitrogens is 3. The zero-order valence-corrected chi connectivity index (χ0v) is 25.1.